The van der Waals surface area contributed by atoms with Crippen molar-refractivity contribution in [3.63, 3.8) is 0 Å². The molecule has 1 aromatic carbocycles. The van der Waals surface area contributed by atoms with Crippen LogP contribution in [0.5, 0.6) is 0 Å². The van der Waals surface area contributed by atoms with Gasteiger partial charge in [-0.25, -0.2) is 0 Å². The van der Waals surface area contributed by atoms with E-state index in [2.05, 4.69) is 43.4 Å². The Bertz CT molecular complexity index is 603. The summed E-state index contributed by atoms with van der Waals surface area (Å²) in [6, 6.07) is 9.28. The molecule has 4 fully saturated rings. The number of rotatable bonds is 5. The van der Waals surface area contributed by atoms with Crippen LogP contribution >= 0.6 is 0 Å². The Hall–Kier alpha value is -1.31. The third-order valence-corrected chi connectivity index (χ3v) is 6.95. The largest absolute Gasteiger partial charge is 0.356 e. The Labute approximate surface area is 146 Å². The van der Waals surface area contributed by atoms with Crippen LogP contribution in [0.25, 0.3) is 0 Å². The second-order valence-electron chi connectivity index (χ2n) is 9.13. The van der Waals surface area contributed by atoms with Gasteiger partial charge in [0.05, 0.1) is 0 Å². The van der Waals surface area contributed by atoms with Gasteiger partial charge in [-0.3, -0.25) is 4.79 Å². The van der Waals surface area contributed by atoms with Crippen molar-refractivity contribution in [2.75, 3.05) is 6.54 Å². The van der Waals surface area contributed by atoms with Crippen LogP contribution in [0.4, 0.5) is 0 Å². The van der Waals surface area contributed by atoms with E-state index in [0.717, 1.165) is 31.2 Å². The van der Waals surface area contributed by atoms with E-state index in [4.69, 9.17) is 0 Å². The molecule has 1 amide bonds. The zero-order chi connectivity index (χ0) is 16.8. The van der Waals surface area contributed by atoms with Gasteiger partial charge in [-0.15, -0.1) is 0 Å². The molecule has 1 aromatic rings. The Balaban J connectivity index is 1.60. The Kier molecular flexibility index (Phi) is 3.97. The first-order valence-corrected chi connectivity index (χ1v) is 9.86. The molecule has 4 bridgehead atoms. The first kappa shape index (κ1) is 16.2. The minimum Gasteiger partial charge on any atom is -0.356 e. The fourth-order valence-corrected chi connectivity index (χ4v) is 6.57. The quantitative estimate of drug-likeness (QED) is 0.831. The summed E-state index contributed by atoms with van der Waals surface area (Å²) in [5, 5.41) is 3.13. The highest BCUT2D eigenvalue weighted by Crippen LogP contribution is 2.66. The second kappa shape index (κ2) is 5.89. The summed E-state index contributed by atoms with van der Waals surface area (Å²) in [7, 11) is 0. The number of carbonyl (C=O) groups excluding carboxylic acids is 1. The van der Waals surface area contributed by atoms with Crippen LogP contribution < -0.4 is 5.32 Å². The molecule has 130 valence electrons. The Morgan fingerprint density at radius 1 is 1.12 bits per heavy atom. The summed E-state index contributed by atoms with van der Waals surface area (Å²) in [4.78, 5) is 12.5. The van der Waals surface area contributed by atoms with Crippen molar-refractivity contribution in [1.29, 1.82) is 0 Å². The first-order chi connectivity index (χ1) is 11.5. The van der Waals surface area contributed by atoms with Gasteiger partial charge in [-0.1, -0.05) is 36.8 Å². The highest BCUT2D eigenvalue weighted by Gasteiger charge is 2.58. The predicted molar refractivity (Wildman–Crippen MR) is 97.9 cm³/mol. The molecule has 24 heavy (non-hydrogen) atoms. The minimum atomic E-state index is 0.271. The SMILES string of the molecule is CCCNC(=O)CC12CC3CC(C1)CC(c1ccc(C)cc1)(C3)C2. The molecule has 2 unspecified atom stereocenters. The Morgan fingerprint density at radius 3 is 2.42 bits per heavy atom. The minimum absolute atomic E-state index is 0.271. The molecule has 0 aliphatic heterocycles. The van der Waals surface area contributed by atoms with Gasteiger partial charge in [0, 0.05) is 13.0 Å². The zero-order valence-corrected chi connectivity index (χ0v) is 15.2. The molecule has 0 aromatic heterocycles. The highest BCUT2D eigenvalue weighted by molar-refractivity contribution is 5.76. The van der Waals surface area contributed by atoms with Gasteiger partial charge in [0.1, 0.15) is 0 Å². The van der Waals surface area contributed by atoms with Gasteiger partial charge < -0.3 is 5.32 Å². The molecular weight excluding hydrogens is 294 g/mol. The normalized spacial score (nSPS) is 36.8. The molecule has 4 aliphatic carbocycles. The lowest BCUT2D eigenvalue weighted by Crippen LogP contribution is -2.55. The maximum atomic E-state index is 12.5. The van der Waals surface area contributed by atoms with Gasteiger partial charge in [-0.05, 0) is 80.1 Å². The standard InChI is InChI=1S/C22H31NO/c1-3-8-23-20(24)14-21-10-17-9-18(11-21)13-22(12-17,15-21)19-6-4-16(2)5-7-19/h4-7,17-18H,3,8-15H2,1-2H3,(H,23,24). The smallest absolute Gasteiger partial charge is 0.220 e. The maximum Gasteiger partial charge on any atom is 0.220 e. The molecule has 0 radical (unpaired) electrons. The molecule has 2 nitrogen and oxygen atoms in total. The lowest BCUT2D eigenvalue weighted by molar-refractivity contribution is -0.131. The molecule has 2 heteroatoms. The molecule has 1 N–H and O–H groups in total. The van der Waals surface area contributed by atoms with Crippen molar-refractivity contribution < 1.29 is 4.79 Å². The van der Waals surface area contributed by atoms with Crippen LogP contribution in [0, 0.1) is 24.2 Å². The van der Waals surface area contributed by atoms with Gasteiger partial charge in [0.15, 0.2) is 0 Å². The van der Waals surface area contributed by atoms with Gasteiger partial charge >= 0.3 is 0 Å². The van der Waals surface area contributed by atoms with Crippen molar-refractivity contribution in [1.82, 2.24) is 5.32 Å². The molecule has 4 aliphatic rings. The number of hydrogen-bond donors (Lipinski definition) is 1. The van der Waals surface area contributed by atoms with E-state index in [0.29, 0.717) is 5.41 Å². The fraction of sp³-hybridized carbons (Fsp3) is 0.682. The third-order valence-electron chi connectivity index (χ3n) is 6.95. The number of aryl methyl sites for hydroxylation is 1. The van der Waals surface area contributed by atoms with Gasteiger partial charge in [0.2, 0.25) is 5.91 Å². The summed E-state index contributed by atoms with van der Waals surface area (Å²) in [5.74, 6) is 1.97. The van der Waals surface area contributed by atoms with Crippen molar-refractivity contribution in [2.24, 2.45) is 17.3 Å². The van der Waals surface area contributed by atoms with Crippen LogP contribution in [-0.2, 0) is 10.2 Å². The van der Waals surface area contributed by atoms with Crippen molar-refractivity contribution in [3.05, 3.63) is 35.4 Å². The van der Waals surface area contributed by atoms with Crippen molar-refractivity contribution in [3.8, 4) is 0 Å². The third kappa shape index (κ3) is 2.78. The van der Waals surface area contributed by atoms with E-state index in [1.165, 1.54) is 44.1 Å². The summed E-state index contributed by atoms with van der Waals surface area (Å²) < 4.78 is 0. The molecule has 4 saturated carbocycles. The molecule has 0 spiro atoms. The van der Waals surface area contributed by atoms with Crippen LogP contribution in [0.2, 0.25) is 0 Å². The summed E-state index contributed by atoms with van der Waals surface area (Å²) in [6.07, 6.45) is 9.70. The monoisotopic (exact) mass is 325 g/mol. The van der Waals surface area contributed by atoms with E-state index in [1.54, 1.807) is 5.56 Å². The molecular formula is C22H31NO. The second-order valence-corrected chi connectivity index (χ2v) is 9.13. The summed E-state index contributed by atoms with van der Waals surface area (Å²) in [6.45, 7) is 5.12. The molecule has 5 rings (SSSR count). The number of nitrogens with one attached hydrogen (secondary N) is 1. The number of carbonyl (C=O) groups is 1. The number of benzene rings is 1. The van der Waals surface area contributed by atoms with Gasteiger partial charge in [0.25, 0.3) is 0 Å². The van der Waals surface area contributed by atoms with Crippen LogP contribution in [0.1, 0.15) is 69.4 Å². The first-order valence-electron chi connectivity index (χ1n) is 9.86. The maximum absolute atomic E-state index is 12.5. The van der Waals surface area contributed by atoms with E-state index < -0.39 is 0 Å². The highest BCUT2D eigenvalue weighted by atomic mass is 16.1. The van der Waals surface area contributed by atoms with Crippen LogP contribution in [0.3, 0.4) is 0 Å². The fourth-order valence-electron chi connectivity index (χ4n) is 6.57. The number of amides is 1. The molecule has 0 heterocycles. The van der Waals surface area contributed by atoms with Gasteiger partial charge in [-0.2, -0.15) is 0 Å². The van der Waals surface area contributed by atoms with Crippen molar-refractivity contribution in [2.45, 2.75) is 70.6 Å². The number of hydrogen-bond acceptors (Lipinski definition) is 1. The topological polar surface area (TPSA) is 29.1 Å². The van der Waals surface area contributed by atoms with E-state index in [-0.39, 0.29) is 11.3 Å². The molecule has 0 saturated heterocycles. The van der Waals surface area contributed by atoms with Crippen LogP contribution in [-0.4, -0.2) is 12.5 Å². The average Bonchev–Trinajstić information content (AvgIpc) is 2.51. The Morgan fingerprint density at radius 2 is 1.79 bits per heavy atom. The average molecular weight is 325 g/mol. The lowest BCUT2D eigenvalue weighted by atomic mass is 9.42. The van der Waals surface area contributed by atoms with Crippen molar-refractivity contribution >= 4 is 5.91 Å². The molecule has 2 atom stereocenters. The predicted octanol–water partition coefficient (Wildman–Crippen LogP) is 4.75. The van der Waals surface area contributed by atoms with E-state index in [1.807, 2.05) is 0 Å². The van der Waals surface area contributed by atoms with E-state index >= 15 is 0 Å². The van der Waals surface area contributed by atoms with E-state index in [9.17, 15) is 4.79 Å². The zero-order valence-electron chi connectivity index (χ0n) is 15.2. The van der Waals surface area contributed by atoms with Crippen LogP contribution in [0.15, 0.2) is 24.3 Å². The summed E-state index contributed by atoms with van der Waals surface area (Å²) in [5.41, 5.74) is 3.51. The summed E-state index contributed by atoms with van der Waals surface area (Å²) >= 11 is 0. The lowest BCUT2D eigenvalue weighted by Gasteiger charge is -2.62.